The van der Waals surface area contributed by atoms with E-state index >= 15 is 0 Å². The summed E-state index contributed by atoms with van der Waals surface area (Å²) in [7, 11) is 0. The average molecular weight is 262 g/mol. The molecule has 1 aromatic rings. The average Bonchev–Trinajstić information content (AvgIpc) is 2.45. The molecule has 0 saturated carbocycles. The maximum atomic E-state index is 10.5. The lowest BCUT2D eigenvalue weighted by Gasteiger charge is -2.35. The summed E-state index contributed by atoms with van der Waals surface area (Å²) in [6, 6.07) is 10.9. The molecule has 0 spiro atoms. The van der Waals surface area contributed by atoms with Crippen LogP contribution in [0.2, 0.25) is 0 Å². The summed E-state index contributed by atoms with van der Waals surface area (Å²) in [6.45, 7) is 2.91. The van der Waals surface area contributed by atoms with E-state index in [1.54, 1.807) is 0 Å². The second-order valence-electron chi connectivity index (χ2n) is 5.07. The Bertz CT molecular complexity index is 394. The Morgan fingerprint density at radius 1 is 1.37 bits per heavy atom. The van der Waals surface area contributed by atoms with Crippen molar-refractivity contribution in [3.63, 3.8) is 0 Å². The molecule has 0 aromatic heterocycles. The van der Waals surface area contributed by atoms with Gasteiger partial charge in [0.2, 0.25) is 0 Å². The van der Waals surface area contributed by atoms with Crippen molar-refractivity contribution in [2.75, 3.05) is 24.5 Å². The smallest absolute Gasteiger partial charge is 0.303 e. The maximum absolute atomic E-state index is 10.5. The highest BCUT2D eigenvalue weighted by atomic mass is 16.4. The standard InChI is InChI=1S/C15H22N2O2/c18-15(19)9-4-10-16-13-6-5-11-17(12-13)14-7-2-1-3-8-14/h1-3,7-8,13,16H,4-6,9-12H2,(H,18,19). The van der Waals surface area contributed by atoms with Gasteiger partial charge in [0.25, 0.3) is 0 Å². The number of benzene rings is 1. The van der Waals surface area contributed by atoms with Gasteiger partial charge in [-0.15, -0.1) is 0 Å². The molecule has 1 aliphatic heterocycles. The van der Waals surface area contributed by atoms with E-state index in [0.29, 0.717) is 12.5 Å². The van der Waals surface area contributed by atoms with Crippen LogP contribution in [0.25, 0.3) is 0 Å². The number of carboxylic acids is 1. The Labute approximate surface area is 114 Å². The number of nitrogens with zero attached hydrogens (tertiary/aromatic N) is 1. The SMILES string of the molecule is O=C(O)CCCNC1CCCN(c2ccccc2)C1. The molecule has 1 aliphatic rings. The van der Waals surface area contributed by atoms with E-state index in [-0.39, 0.29) is 6.42 Å². The topological polar surface area (TPSA) is 52.6 Å². The van der Waals surface area contributed by atoms with E-state index in [2.05, 4.69) is 34.5 Å². The first kappa shape index (κ1) is 13.9. The van der Waals surface area contributed by atoms with E-state index in [0.717, 1.165) is 19.6 Å². The van der Waals surface area contributed by atoms with Crippen molar-refractivity contribution in [1.82, 2.24) is 5.32 Å². The molecular formula is C15H22N2O2. The van der Waals surface area contributed by atoms with Crippen LogP contribution in [0, 0.1) is 0 Å². The summed E-state index contributed by atoms with van der Waals surface area (Å²) >= 11 is 0. The summed E-state index contributed by atoms with van der Waals surface area (Å²) in [5.41, 5.74) is 1.28. The van der Waals surface area contributed by atoms with E-state index < -0.39 is 5.97 Å². The highest BCUT2D eigenvalue weighted by molar-refractivity contribution is 5.66. The molecule has 4 heteroatoms. The molecule has 1 heterocycles. The molecule has 2 N–H and O–H groups in total. The largest absolute Gasteiger partial charge is 0.481 e. The molecule has 0 aliphatic carbocycles. The fraction of sp³-hybridized carbons (Fsp3) is 0.533. The Balaban J connectivity index is 1.76. The van der Waals surface area contributed by atoms with Crippen molar-refractivity contribution >= 4 is 11.7 Å². The number of carboxylic acid groups (broad SMARTS) is 1. The van der Waals surface area contributed by atoms with Crippen molar-refractivity contribution in [2.45, 2.75) is 31.7 Å². The number of rotatable bonds is 6. The third-order valence-corrected chi connectivity index (χ3v) is 3.54. The molecule has 0 amide bonds. The first-order valence-electron chi connectivity index (χ1n) is 7.01. The summed E-state index contributed by atoms with van der Waals surface area (Å²) in [5, 5.41) is 12.1. The van der Waals surface area contributed by atoms with Crippen LogP contribution in [0.4, 0.5) is 5.69 Å². The minimum Gasteiger partial charge on any atom is -0.481 e. The minimum atomic E-state index is -0.712. The molecule has 4 nitrogen and oxygen atoms in total. The van der Waals surface area contributed by atoms with Crippen molar-refractivity contribution in [1.29, 1.82) is 0 Å². The van der Waals surface area contributed by atoms with Gasteiger partial charge in [-0.2, -0.15) is 0 Å². The predicted molar refractivity (Wildman–Crippen MR) is 76.5 cm³/mol. The molecule has 1 fully saturated rings. The second kappa shape index (κ2) is 7.14. The normalized spacial score (nSPS) is 19.4. The monoisotopic (exact) mass is 262 g/mol. The predicted octanol–water partition coefficient (Wildman–Crippen LogP) is 2.11. The molecule has 0 radical (unpaired) electrons. The van der Waals surface area contributed by atoms with Crippen molar-refractivity contribution in [3.05, 3.63) is 30.3 Å². The van der Waals surface area contributed by atoms with Gasteiger partial charge in [0.1, 0.15) is 0 Å². The highest BCUT2D eigenvalue weighted by Gasteiger charge is 2.19. The van der Waals surface area contributed by atoms with Crippen LogP contribution in [0.3, 0.4) is 0 Å². The summed E-state index contributed by atoms with van der Waals surface area (Å²) in [4.78, 5) is 12.9. The molecule has 1 aromatic carbocycles. The van der Waals surface area contributed by atoms with Gasteiger partial charge in [-0.1, -0.05) is 18.2 Å². The lowest BCUT2D eigenvalue weighted by molar-refractivity contribution is -0.137. The Kier molecular flexibility index (Phi) is 5.21. The maximum Gasteiger partial charge on any atom is 0.303 e. The number of carbonyl (C=O) groups is 1. The molecule has 104 valence electrons. The van der Waals surface area contributed by atoms with Crippen LogP contribution in [0.15, 0.2) is 30.3 Å². The number of anilines is 1. The number of hydrogen-bond acceptors (Lipinski definition) is 3. The Hall–Kier alpha value is -1.55. The molecule has 1 atom stereocenters. The second-order valence-corrected chi connectivity index (χ2v) is 5.07. The zero-order valence-electron chi connectivity index (χ0n) is 11.2. The number of hydrogen-bond donors (Lipinski definition) is 2. The van der Waals surface area contributed by atoms with E-state index in [1.807, 2.05) is 6.07 Å². The first-order valence-corrected chi connectivity index (χ1v) is 7.01. The van der Waals surface area contributed by atoms with Crippen molar-refractivity contribution < 1.29 is 9.90 Å². The molecule has 2 rings (SSSR count). The third kappa shape index (κ3) is 4.56. The molecule has 19 heavy (non-hydrogen) atoms. The fourth-order valence-electron chi connectivity index (χ4n) is 2.56. The van der Waals surface area contributed by atoms with Gasteiger partial charge in [0.05, 0.1) is 0 Å². The number of para-hydroxylation sites is 1. The van der Waals surface area contributed by atoms with Gasteiger partial charge in [-0.05, 0) is 37.9 Å². The minimum absolute atomic E-state index is 0.252. The van der Waals surface area contributed by atoms with Gasteiger partial charge >= 0.3 is 5.97 Å². The first-order chi connectivity index (χ1) is 9.25. The third-order valence-electron chi connectivity index (χ3n) is 3.54. The molecule has 1 saturated heterocycles. The highest BCUT2D eigenvalue weighted by Crippen LogP contribution is 2.19. The number of nitrogens with one attached hydrogen (secondary N) is 1. The van der Waals surface area contributed by atoms with Crippen LogP contribution in [-0.4, -0.2) is 36.8 Å². The summed E-state index contributed by atoms with van der Waals surface area (Å²) < 4.78 is 0. The van der Waals surface area contributed by atoms with Crippen molar-refractivity contribution in [2.24, 2.45) is 0 Å². The van der Waals surface area contributed by atoms with Crippen LogP contribution in [-0.2, 0) is 4.79 Å². The van der Waals surface area contributed by atoms with E-state index in [4.69, 9.17) is 5.11 Å². The quantitative estimate of drug-likeness (QED) is 0.771. The number of aliphatic carboxylic acids is 1. The Morgan fingerprint density at radius 3 is 2.89 bits per heavy atom. The van der Waals surface area contributed by atoms with E-state index in [9.17, 15) is 4.79 Å². The lowest BCUT2D eigenvalue weighted by Crippen LogP contribution is -2.46. The zero-order chi connectivity index (χ0) is 13.5. The van der Waals surface area contributed by atoms with Gasteiger partial charge < -0.3 is 15.3 Å². The summed E-state index contributed by atoms with van der Waals surface area (Å²) in [5.74, 6) is -0.712. The fourth-order valence-corrected chi connectivity index (χ4v) is 2.56. The van der Waals surface area contributed by atoms with Gasteiger partial charge in [0.15, 0.2) is 0 Å². The van der Waals surface area contributed by atoms with Crippen LogP contribution in [0.1, 0.15) is 25.7 Å². The lowest BCUT2D eigenvalue weighted by atomic mass is 10.0. The Morgan fingerprint density at radius 2 is 2.16 bits per heavy atom. The van der Waals surface area contributed by atoms with Gasteiger partial charge in [-0.25, -0.2) is 0 Å². The van der Waals surface area contributed by atoms with Crippen LogP contribution < -0.4 is 10.2 Å². The zero-order valence-corrected chi connectivity index (χ0v) is 11.2. The van der Waals surface area contributed by atoms with Gasteiger partial charge in [0, 0.05) is 31.2 Å². The molecule has 0 bridgehead atoms. The summed E-state index contributed by atoms with van der Waals surface area (Å²) in [6.07, 6.45) is 3.32. The van der Waals surface area contributed by atoms with E-state index in [1.165, 1.54) is 18.5 Å². The molecular weight excluding hydrogens is 240 g/mol. The van der Waals surface area contributed by atoms with Crippen LogP contribution in [0.5, 0.6) is 0 Å². The van der Waals surface area contributed by atoms with Crippen molar-refractivity contribution in [3.8, 4) is 0 Å². The van der Waals surface area contributed by atoms with Crippen LogP contribution >= 0.6 is 0 Å². The van der Waals surface area contributed by atoms with Gasteiger partial charge in [-0.3, -0.25) is 4.79 Å². The molecule has 1 unspecified atom stereocenters. The number of piperidine rings is 1.